The first-order valence-corrected chi connectivity index (χ1v) is 8.45. The molecule has 1 amide bonds. The number of rotatable bonds is 6. The standard InChI is InChI=1S/C22H16FN3O2/c23-20-7-3-6-17(12-20)22(27)26-25-14-16-8-10-21(11-9-16)28-15-19-5-2-1-4-18(19)13-24/h1-12,14H,15H2,(H,26,27)/b25-14-. The summed E-state index contributed by atoms with van der Waals surface area (Å²) >= 11 is 0. The number of nitriles is 1. The zero-order valence-electron chi connectivity index (χ0n) is 14.8. The summed E-state index contributed by atoms with van der Waals surface area (Å²) in [5.41, 5.74) is 4.70. The average Bonchev–Trinajstić information content (AvgIpc) is 2.73. The van der Waals surface area contributed by atoms with Crippen LogP contribution in [-0.2, 0) is 6.61 Å². The van der Waals surface area contributed by atoms with Gasteiger partial charge in [-0.3, -0.25) is 4.79 Å². The van der Waals surface area contributed by atoms with Crippen LogP contribution < -0.4 is 10.2 Å². The molecule has 6 heteroatoms. The van der Waals surface area contributed by atoms with Crippen LogP contribution >= 0.6 is 0 Å². The fourth-order valence-corrected chi connectivity index (χ4v) is 2.43. The minimum absolute atomic E-state index is 0.193. The van der Waals surface area contributed by atoms with Crippen molar-refractivity contribution in [2.45, 2.75) is 6.61 Å². The number of benzene rings is 3. The first-order chi connectivity index (χ1) is 13.7. The number of carbonyl (C=O) groups is 1. The minimum Gasteiger partial charge on any atom is -0.489 e. The van der Waals surface area contributed by atoms with Gasteiger partial charge in [-0.05, 0) is 54.1 Å². The van der Waals surface area contributed by atoms with E-state index in [4.69, 9.17) is 10.00 Å². The highest BCUT2D eigenvalue weighted by atomic mass is 19.1. The van der Waals surface area contributed by atoms with Crippen LogP contribution in [0.1, 0.15) is 27.0 Å². The van der Waals surface area contributed by atoms with Gasteiger partial charge in [0, 0.05) is 11.1 Å². The van der Waals surface area contributed by atoms with Gasteiger partial charge >= 0.3 is 0 Å². The molecule has 3 rings (SSSR count). The average molecular weight is 373 g/mol. The number of hydrogen-bond acceptors (Lipinski definition) is 4. The summed E-state index contributed by atoms with van der Waals surface area (Å²) in [7, 11) is 0. The third-order valence-electron chi connectivity index (χ3n) is 3.88. The molecule has 0 radical (unpaired) electrons. The van der Waals surface area contributed by atoms with Crippen molar-refractivity contribution in [2.24, 2.45) is 5.10 Å². The van der Waals surface area contributed by atoms with Gasteiger partial charge in [0.1, 0.15) is 18.2 Å². The number of hydrogen-bond donors (Lipinski definition) is 1. The molecule has 0 aliphatic rings. The van der Waals surface area contributed by atoms with Crippen molar-refractivity contribution in [3.63, 3.8) is 0 Å². The molecule has 0 aliphatic heterocycles. The SMILES string of the molecule is N#Cc1ccccc1COc1ccc(/C=N\NC(=O)c2cccc(F)c2)cc1. The van der Waals surface area contributed by atoms with Crippen molar-refractivity contribution >= 4 is 12.1 Å². The van der Waals surface area contributed by atoms with Crippen molar-refractivity contribution in [1.82, 2.24) is 5.43 Å². The van der Waals surface area contributed by atoms with Crippen LogP contribution in [0.25, 0.3) is 0 Å². The summed E-state index contributed by atoms with van der Waals surface area (Å²) in [4.78, 5) is 11.9. The molecule has 0 heterocycles. The van der Waals surface area contributed by atoms with Crippen LogP contribution in [0.2, 0.25) is 0 Å². The highest BCUT2D eigenvalue weighted by Crippen LogP contribution is 2.15. The quantitative estimate of drug-likeness (QED) is 0.523. The fraction of sp³-hybridized carbons (Fsp3) is 0.0455. The molecule has 0 fully saturated rings. The number of ether oxygens (including phenoxy) is 1. The Kier molecular flexibility index (Phi) is 6.11. The van der Waals surface area contributed by atoms with Crippen molar-refractivity contribution in [3.05, 3.63) is 101 Å². The summed E-state index contributed by atoms with van der Waals surface area (Å²) in [5.74, 6) is -0.329. The number of nitrogens with zero attached hydrogens (tertiary/aromatic N) is 2. The Labute approximate surface area is 161 Å². The van der Waals surface area contributed by atoms with E-state index in [-0.39, 0.29) is 5.56 Å². The molecule has 1 N–H and O–H groups in total. The molecule has 0 bridgehead atoms. The topological polar surface area (TPSA) is 74.5 Å². The zero-order chi connectivity index (χ0) is 19.8. The van der Waals surface area contributed by atoms with E-state index in [2.05, 4.69) is 16.6 Å². The Balaban J connectivity index is 1.55. The monoisotopic (exact) mass is 373 g/mol. The van der Waals surface area contributed by atoms with Gasteiger partial charge in [-0.2, -0.15) is 10.4 Å². The maximum atomic E-state index is 13.1. The van der Waals surface area contributed by atoms with E-state index in [1.54, 1.807) is 30.3 Å². The predicted molar refractivity (Wildman–Crippen MR) is 103 cm³/mol. The third-order valence-corrected chi connectivity index (χ3v) is 3.88. The lowest BCUT2D eigenvalue weighted by Gasteiger charge is -2.07. The van der Waals surface area contributed by atoms with Gasteiger partial charge in [-0.15, -0.1) is 0 Å². The zero-order valence-corrected chi connectivity index (χ0v) is 14.8. The first kappa shape index (κ1) is 18.8. The smallest absolute Gasteiger partial charge is 0.271 e. The van der Waals surface area contributed by atoms with Crippen LogP contribution in [0.4, 0.5) is 4.39 Å². The summed E-state index contributed by atoms with van der Waals surface area (Å²) < 4.78 is 18.8. The van der Waals surface area contributed by atoms with Gasteiger partial charge < -0.3 is 4.74 Å². The second-order valence-electron chi connectivity index (χ2n) is 5.84. The van der Waals surface area contributed by atoms with Crippen LogP contribution in [0.3, 0.4) is 0 Å². The van der Waals surface area contributed by atoms with E-state index in [9.17, 15) is 9.18 Å². The summed E-state index contributed by atoms with van der Waals surface area (Å²) in [6.07, 6.45) is 1.48. The molecule has 0 saturated carbocycles. The van der Waals surface area contributed by atoms with Crippen molar-refractivity contribution in [1.29, 1.82) is 5.26 Å². The molecule has 0 aliphatic carbocycles. The first-order valence-electron chi connectivity index (χ1n) is 8.45. The molecule has 0 unspecified atom stereocenters. The molecule has 0 aromatic heterocycles. The Morgan fingerprint density at radius 1 is 1.11 bits per heavy atom. The van der Waals surface area contributed by atoms with Crippen molar-refractivity contribution in [2.75, 3.05) is 0 Å². The molecule has 28 heavy (non-hydrogen) atoms. The van der Waals surface area contributed by atoms with E-state index in [1.807, 2.05) is 18.2 Å². The lowest BCUT2D eigenvalue weighted by atomic mass is 10.1. The Hall–Kier alpha value is -3.98. The number of nitrogens with one attached hydrogen (secondary N) is 1. The van der Waals surface area contributed by atoms with E-state index in [0.717, 1.165) is 17.2 Å². The molecular formula is C22H16FN3O2. The Morgan fingerprint density at radius 2 is 1.89 bits per heavy atom. The van der Waals surface area contributed by atoms with Gasteiger partial charge in [0.05, 0.1) is 17.8 Å². The van der Waals surface area contributed by atoms with Crippen LogP contribution in [0, 0.1) is 17.1 Å². The lowest BCUT2D eigenvalue weighted by Crippen LogP contribution is -2.17. The number of hydrazone groups is 1. The summed E-state index contributed by atoms with van der Waals surface area (Å²) in [6.45, 7) is 0.293. The van der Waals surface area contributed by atoms with E-state index >= 15 is 0 Å². The lowest BCUT2D eigenvalue weighted by molar-refractivity contribution is 0.0954. The van der Waals surface area contributed by atoms with Crippen LogP contribution in [-0.4, -0.2) is 12.1 Å². The largest absolute Gasteiger partial charge is 0.489 e. The Bertz CT molecular complexity index is 1040. The summed E-state index contributed by atoms with van der Waals surface area (Å²) in [6, 6.07) is 21.9. The maximum Gasteiger partial charge on any atom is 0.271 e. The molecular weight excluding hydrogens is 357 g/mol. The van der Waals surface area contributed by atoms with Crippen LogP contribution in [0.15, 0.2) is 77.9 Å². The minimum atomic E-state index is -0.494. The van der Waals surface area contributed by atoms with E-state index in [0.29, 0.717) is 17.9 Å². The third kappa shape index (κ3) is 5.02. The van der Waals surface area contributed by atoms with Gasteiger partial charge in [-0.1, -0.05) is 24.3 Å². The molecule has 138 valence electrons. The number of carbonyl (C=O) groups excluding carboxylic acids is 1. The molecule has 0 atom stereocenters. The highest BCUT2D eigenvalue weighted by molar-refractivity contribution is 5.94. The van der Waals surface area contributed by atoms with Gasteiger partial charge in [0.15, 0.2) is 0 Å². The van der Waals surface area contributed by atoms with Gasteiger partial charge in [0.25, 0.3) is 5.91 Å². The molecule has 3 aromatic rings. The van der Waals surface area contributed by atoms with E-state index < -0.39 is 11.7 Å². The number of halogens is 1. The fourth-order valence-electron chi connectivity index (χ4n) is 2.43. The number of amides is 1. The second kappa shape index (κ2) is 9.10. The van der Waals surface area contributed by atoms with Crippen molar-refractivity contribution < 1.29 is 13.9 Å². The highest BCUT2D eigenvalue weighted by Gasteiger charge is 2.05. The molecule has 0 spiro atoms. The van der Waals surface area contributed by atoms with E-state index in [1.165, 1.54) is 24.4 Å². The molecule has 0 saturated heterocycles. The Morgan fingerprint density at radius 3 is 2.64 bits per heavy atom. The van der Waals surface area contributed by atoms with Crippen LogP contribution in [0.5, 0.6) is 5.75 Å². The van der Waals surface area contributed by atoms with Gasteiger partial charge in [-0.25, -0.2) is 9.82 Å². The molecule has 3 aromatic carbocycles. The predicted octanol–water partition coefficient (Wildman–Crippen LogP) is 4.04. The second-order valence-corrected chi connectivity index (χ2v) is 5.84. The summed E-state index contributed by atoms with van der Waals surface area (Å²) in [5, 5.41) is 13.0. The molecule has 5 nitrogen and oxygen atoms in total. The van der Waals surface area contributed by atoms with Gasteiger partial charge in [0.2, 0.25) is 0 Å². The maximum absolute atomic E-state index is 13.1. The normalized spacial score (nSPS) is 10.4. The van der Waals surface area contributed by atoms with Crippen molar-refractivity contribution in [3.8, 4) is 11.8 Å².